The van der Waals surface area contributed by atoms with Gasteiger partial charge in [0.25, 0.3) is 5.91 Å². The highest BCUT2D eigenvalue weighted by molar-refractivity contribution is 5.81. The summed E-state index contributed by atoms with van der Waals surface area (Å²) >= 11 is 0. The van der Waals surface area contributed by atoms with Crippen molar-refractivity contribution in [2.75, 3.05) is 20.3 Å². The Labute approximate surface area is 167 Å². The standard InChI is InChI=1S/C21H22N2O6/c1-3-27-16-10-8-15(9-11-16)12-22(2)19(24)14-28-20(25)13-23-17-6-4-5-7-18(17)29-21(23)26/h4-11H,3,12-14H2,1-2H3. The van der Waals surface area contributed by atoms with Gasteiger partial charge in [-0.2, -0.15) is 0 Å². The molecule has 3 aromatic rings. The number of para-hydroxylation sites is 2. The number of carbonyl (C=O) groups is 2. The first-order valence-electron chi connectivity index (χ1n) is 9.17. The number of hydrogen-bond donors (Lipinski definition) is 0. The minimum Gasteiger partial charge on any atom is -0.494 e. The molecule has 2 aromatic carbocycles. The van der Waals surface area contributed by atoms with E-state index >= 15 is 0 Å². The molecule has 3 rings (SSSR count). The molecule has 0 aliphatic carbocycles. The van der Waals surface area contributed by atoms with Crippen LogP contribution in [-0.4, -0.2) is 41.6 Å². The lowest BCUT2D eigenvalue weighted by Gasteiger charge is -2.17. The quantitative estimate of drug-likeness (QED) is 0.540. The van der Waals surface area contributed by atoms with E-state index in [0.717, 1.165) is 11.3 Å². The molecule has 0 radical (unpaired) electrons. The molecule has 0 saturated carbocycles. The van der Waals surface area contributed by atoms with Crippen LogP contribution in [0.25, 0.3) is 11.1 Å². The molecule has 0 aliphatic heterocycles. The highest BCUT2D eigenvalue weighted by atomic mass is 16.5. The average Bonchev–Trinajstić information content (AvgIpc) is 3.03. The predicted octanol–water partition coefficient (Wildman–Crippen LogP) is 2.19. The Hall–Kier alpha value is -3.55. The predicted molar refractivity (Wildman–Crippen MR) is 106 cm³/mol. The van der Waals surface area contributed by atoms with Crippen molar-refractivity contribution >= 4 is 23.0 Å². The number of nitrogens with zero attached hydrogens (tertiary/aromatic N) is 2. The number of benzene rings is 2. The first-order valence-corrected chi connectivity index (χ1v) is 9.17. The van der Waals surface area contributed by atoms with Crippen molar-refractivity contribution in [3.05, 3.63) is 64.6 Å². The molecule has 1 aromatic heterocycles. The molecule has 8 heteroatoms. The number of hydrogen-bond acceptors (Lipinski definition) is 6. The van der Waals surface area contributed by atoms with Gasteiger partial charge in [-0.05, 0) is 36.8 Å². The zero-order chi connectivity index (χ0) is 20.8. The van der Waals surface area contributed by atoms with Crippen LogP contribution in [0.15, 0.2) is 57.7 Å². The largest absolute Gasteiger partial charge is 0.494 e. The number of rotatable bonds is 8. The Balaban J connectivity index is 1.52. The summed E-state index contributed by atoms with van der Waals surface area (Å²) < 4.78 is 16.7. The monoisotopic (exact) mass is 398 g/mol. The second-order valence-electron chi connectivity index (χ2n) is 6.41. The summed E-state index contributed by atoms with van der Waals surface area (Å²) in [4.78, 5) is 37.7. The van der Waals surface area contributed by atoms with Gasteiger partial charge >= 0.3 is 11.7 Å². The fourth-order valence-electron chi connectivity index (χ4n) is 2.81. The topological polar surface area (TPSA) is 91.0 Å². The molecule has 0 spiro atoms. The number of amides is 1. The van der Waals surface area contributed by atoms with Crippen LogP contribution in [-0.2, 0) is 27.4 Å². The Kier molecular flexibility index (Phi) is 6.33. The first-order chi connectivity index (χ1) is 14.0. The second-order valence-corrected chi connectivity index (χ2v) is 6.41. The van der Waals surface area contributed by atoms with Crippen LogP contribution in [0, 0.1) is 0 Å². The van der Waals surface area contributed by atoms with Gasteiger partial charge in [0.15, 0.2) is 12.2 Å². The maximum atomic E-state index is 12.2. The average molecular weight is 398 g/mol. The lowest BCUT2D eigenvalue weighted by atomic mass is 10.2. The van der Waals surface area contributed by atoms with Crippen molar-refractivity contribution in [2.24, 2.45) is 0 Å². The molecule has 152 valence electrons. The molecule has 0 bridgehead atoms. The summed E-state index contributed by atoms with van der Waals surface area (Å²) in [6.45, 7) is 2.13. The Morgan fingerprint density at radius 1 is 1.10 bits per heavy atom. The zero-order valence-electron chi connectivity index (χ0n) is 16.3. The van der Waals surface area contributed by atoms with Gasteiger partial charge in [0.1, 0.15) is 12.3 Å². The van der Waals surface area contributed by atoms with E-state index in [9.17, 15) is 14.4 Å². The number of ether oxygens (including phenoxy) is 2. The minimum absolute atomic E-state index is 0.328. The highest BCUT2D eigenvalue weighted by Gasteiger charge is 2.16. The third-order valence-electron chi connectivity index (χ3n) is 4.30. The van der Waals surface area contributed by atoms with Crippen molar-refractivity contribution in [2.45, 2.75) is 20.0 Å². The molecule has 0 saturated heterocycles. The molecule has 0 unspecified atom stereocenters. The van der Waals surface area contributed by atoms with E-state index < -0.39 is 18.3 Å². The fourth-order valence-corrected chi connectivity index (χ4v) is 2.81. The maximum absolute atomic E-state index is 12.2. The molecule has 0 aliphatic rings. The van der Waals surface area contributed by atoms with E-state index in [0.29, 0.717) is 24.3 Å². The van der Waals surface area contributed by atoms with Crippen LogP contribution < -0.4 is 10.5 Å². The van der Waals surface area contributed by atoms with Crippen LogP contribution >= 0.6 is 0 Å². The summed E-state index contributed by atoms with van der Waals surface area (Å²) in [7, 11) is 1.63. The molecule has 0 fully saturated rings. The molecule has 0 N–H and O–H groups in total. The van der Waals surface area contributed by atoms with Crippen LogP contribution in [0.3, 0.4) is 0 Å². The maximum Gasteiger partial charge on any atom is 0.420 e. The normalized spacial score (nSPS) is 10.7. The molecule has 1 heterocycles. The number of oxazole rings is 1. The molecule has 8 nitrogen and oxygen atoms in total. The van der Waals surface area contributed by atoms with Crippen LogP contribution in [0.4, 0.5) is 0 Å². The lowest BCUT2D eigenvalue weighted by Crippen LogP contribution is -2.32. The van der Waals surface area contributed by atoms with E-state index in [1.165, 1.54) is 9.47 Å². The first kappa shape index (κ1) is 20.2. The van der Waals surface area contributed by atoms with E-state index in [2.05, 4.69) is 0 Å². The summed E-state index contributed by atoms with van der Waals surface area (Å²) in [6, 6.07) is 14.2. The van der Waals surface area contributed by atoms with E-state index in [1.807, 2.05) is 31.2 Å². The van der Waals surface area contributed by atoms with Crippen molar-refractivity contribution in [1.82, 2.24) is 9.47 Å². The number of esters is 1. The van der Waals surface area contributed by atoms with Gasteiger partial charge in [0.05, 0.1) is 12.1 Å². The Morgan fingerprint density at radius 3 is 2.55 bits per heavy atom. The number of fused-ring (bicyclic) bond motifs is 1. The van der Waals surface area contributed by atoms with Crippen molar-refractivity contribution < 1.29 is 23.5 Å². The molecular weight excluding hydrogens is 376 g/mol. The molecule has 0 atom stereocenters. The van der Waals surface area contributed by atoms with Gasteiger partial charge in [0.2, 0.25) is 0 Å². The highest BCUT2D eigenvalue weighted by Crippen LogP contribution is 2.14. The number of carbonyl (C=O) groups excluding carboxylic acids is 2. The smallest absolute Gasteiger partial charge is 0.420 e. The van der Waals surface area contributed by atoms with Crippen molar-refractivity contribution in [1.29, 1.82) is 0 Å². The van der Waals surface area contributed by atoms with Crippen molar-refractivity contribution in [3.8, 4) is 5.75 Å². The van der Waals surface area contributed by atoms with Crippen LogP contribution in [0.1, 0.15) is 12.5 Å². The van der Waals surface area contributed by atoms with Gasteiger partial charge in [-0.3, -0.25) is 14.2 Å². The third kappa shape index (κ3) is 5.04. The molecule has 29 heavy (non-hydrogen) atoms. The van der Waals surface area contributed by atoms with Crippen LogP contribution in [0.2, 0.25) is 0 Å². The van der Waals surface area contributed by atoms with Gasteiger partial charge in [0, 0.05) is 13.6 Å². The van der Waals surface area contributed by atoms with E-state index in [1.54, 1.807) is 31.3 Å². The number of likely N-dealkylation sites (N-methyl/N-ethyl adjacent to an activating group) is 1. The van der Waals surface area contributed by atoms with Crippen LogP contribution in [0.5, 0.6) is 5.75 Å². The van der Waals surface area contributed by atoms with Gasteiger partial charge < -0.3 is 18.8 Å². The summed E-state index contributed by atoms with van der Waals surface area (Å²) in [6.07, 6.45) is 0. The Bertz CT molecular complexity index is 1050. The minimum atomic E-state index is -0.693. The lowest BCUT2D eigenvalue weighted by molar-refractivity contribution is -0.152. The van der Waals surface area contributed by atoms with E-state index in [4.69, 9.17) is 13.9 Å². The third-order valence-corrected chi connectivity index (χ3v) is 4.30. The van der Waals surface area contributed by atoms with Gasteiger partial charge in [-0.15, -0.1) is 0 Å². The SMILES string of the molecule is CCOc1ccc(CN(C)C(=O)COC(=O)Cn2c(=O)oc3ccccc32)cc1. The summed E-state index contributed by atoms with van der Waals surface area (Å²) in [5.74, 6) is -0.929. The summed E-state index contributed by atoms with van der Waals surface area (Å²) in [5.41, 5.74) is 1.80. The summed E-state index contributed by atoms with van der Waals surface area (Å²) in [5, 5.41) is 0. The Morgan fingerprint density at radius 2 is 1.83 bits per heavy atom. The van der Waals surface area contributed by atoms with Gasteiger partial charge in [-0.1, -0.05) is 24.3 Å². The van der Waals surface area contributed by atoms with E-state index in [-0.39, 0.29) is 12.5 Å². The second kappa shape index (κ2) is 9.09. The molecule has 1 amide bonds. The van der Waals surface area contributed by atoms with Gasteiger partial charge in [-0.25, -0.2) is 4.79 Å². The zero-order valence-corrected chi connectivity index (χ0v) is 16.3. The number of aromatic nitrogens is 1. The fraction of sp³-hybridized carbons (Fsp3) is 0.286. The molecular formula is C21H22N2O6. The van der Waals surface area contributed by atoms with Crippen molar-refractivity contribution in [3.63, 3.8) is 0 Å².